The molecule has 0 aliphatic rings. The van der Waals surface area contributed by atoms with E-state index in [1.54, 1.807) is 13.0 Å². The van der Waals surface area contributed by atoms with Crippen molar-refractivity contribution in [2.75, 3.05) is 5.32 Å². The van der Waals surface area contributed by atoms with Gasteiger partial charge in [-0.05, 0) is 43.7 Å². The molecule has 0 unspecified atom stereocenters. The van der Waals surface area contributed by atoms with E-state index in [0.29, 0.717) is 17.0 Å². The maximum absolute atomic E-state index is 13.7. The third-order valence-electron chi connectivity index (χ3n) is 3.74. The highest BCUT2D eigenvalue weighted by Gasteiger charge is 2.21. The van der Waals surface area contributed by atoms with E-state index < -0.39 is 17.5 Å². The largest absolute Gasteiger partial charge is 0.486 e. The molecule has 0 aliphatic heterocycles. The van der Waals surface area contributed by atoms with Gasteiger partial charge >= 0.3 is 0 Å². The van der Waals surface area contributed by atoms with E-state index in [2.05, 4.69) is 10.5 Å². The normalized spacial score (nSPS) is 10.6. The minimum absolute atomic E-state index is 0.0477. The summed E-state index contributed by atoms with van der Waals surface area (Å²) in [5.74, 6) is -1.75. The van der Waals surface area contributed by atoms with Crippen molar-refractivity contribution in [1.29, 1.82) is 0 Å². The third-order valence-corrected chi connectivity index (χ3v) is 3.74. The standard InChI is InChI=1S/C19H16F2N2O3/c1-11-4-3-5-14(8-11)22-19(24)18-15(12(2)26-23-18)10-25-17-7-6-13(20)9-16(17)21/h3-9H,10H2,1-2H3,(H,22,24). The van der Waals surface area contributed by atoms with Crippen LogP contribution in [0.4, 0.5) is 14.5 Å². The average molecular weight is 358 g/mol. The number of amides is 1. The zero-order valence-electron chi connectivity index (χ0n) is 14.2. The molecule has 134 valence electrons. The number of hydrogen-bond donors (Lipinski definition) is 1. The summed E-state index contributed by atoms with van der Waals surface area (Å²) in [6.45, 7) is 3.39. The molecule has 0 spiro atoms. The zero-order valence-corrected chi connectivity index (χ0v) is 14.2. The van der Waals surface area contributed by atoms with Gasteiger partial charge in [-0.25, -0.2) is 8.78 Å². The molecule has 7 heteroatoms. The number of nitrogens with one attached hydrogen (secondary N) is 1. The molecule has 5 nitrogen and oxygen atoms in total. The Morgan fingerprint density at radius 2 is 2.00 bits per heavy atom. The third kappa shape index (κ3) is 3.88. The Bertz CT molecular complexity index is 954. The van der Waals surface area contributed by atoms with E-state index in [9.17, 15) is 13.6 Å². The molecule has 1 N–H and O–H groups in total. The molecule has 0 fully saturated rings. The smallest absolute Gasteiger partial charge is 0.278 e. The van der Waals surface area contributed by atoms with Crippen LogP contribution in [0.3, 0.4) is 0 Å². The van der Waals surface area contributed by atoms with Gasteiger partial charge in [-0.15, -0.1) is 0 Å². The molecular weight excluding hydrogens is 342 g/mol. The Morgan fingerprint density at radius 1 is 1.19 bits per heavy atom. The number of aryl methyl sites for hydroxylation is 2. The molecule has 2 aromatic carbocycles. The second-order valence-electron chi connectivity index (χ2n) is 5.75. The molecule has 0 radical (unpaired) electrons. The van der Waals surface area contributed by atoms with Gasteiger partial charge < -0.3 is 14.6 Å². The molecule has 26 heavy (non-hydrogen) atoms. The number of halogens is 2. The number of carbonyl (C=O) groups excluding carboxylic acids is 1. The van der Waals surface area contributed by atoms with Crippen molar-refractivity contribution in [3.05, 3.63) is 76.7 Å². The molecule has 3 aromatic rings. The zero-order chi connectivity index (χ0) is 18.7. The van der Waals surface area contributed by atoms with Crippen molar-refractivity contribution in [2.24, 2.45) is 0 Å². The SMILES string of the molecule is Cc1cccc(NC(=O)c2noc(C)c2COc2ccc(F)cc2F)c1. The molecule has 1 heterocycles. The lowest BCUT2D eigenvalue weighted by molar-refractivity contribution is 0.101. The molecular formula is C19H16F2N2O3. The topological polar surface area (TPSA) is 64.4 Å². The second-order valence-corrected chi connectivity index (χ2v) is 5.75. The van der Waals surface area contributed by atoms with E-state index in [-0.39, 0.29) is 18.1 Å². The van der Waals surface area contributed by atoms with Crippen LogP contribution >= 0.6 is 0 Å². The van der Waals surface area contributed by atoms with Crippen molar-refractivity contribution in [3.8, 4) is 5.75 Å². The Morgan fingerprint density at radius 3 is 2.73 bits per heavy atom. The fourth-order valence-electron chi connectivity index (χ4n) is 2.39. The lowest BCUT2D eigenvalue weighted by Gasteiger charge is -2.08. The average Bonchev–Trinajstić information content (AvgIpc) is 2.95. The van der Waals surface area contributed by atoms with Gasteiger partial charge in [-0.3, -0.25) is 4.79 Å². The minimum atomic E-state index is -0.829. The summed E-state index contributed by atoms with van der Waals surface area (Å²) in [5, 5.41) is 6.49. The fraction of sp³-hybridized carbons (Fsp3) is 0.158. The minimum Gasteiger partial charge on any atom is -0.486 e. The molecule has 0 bridgehead atoms. The van der Waals surface area contributed by atoms with Crippen LogP contribution in [0.1, 0.15) is 27.4 Å². The van der Waals surface area contributed by atoms with Crippen molar-refractivity contribution >= 4 is 11.6 Å². The van der Waals surface area contributed by atoms with Crippen LogP contribution in [0.25, 0.3) is 0 Å². The van der Waals surface area contributed by atoms with E-state index in [0.717, 1.165) is 17.7 Å². The van der Waals surface area contributed by atoms with Crippen LogP contribution in [0.15, 0.2) is 47.0 Å². The molecule has 1 aromatic heterocycles. The van der Waals surface area contributed by atoms with E-state index in [4.69, 9.17) is 9.26 Å². The molecule has 0 saturated carbocycles. The van der Waals surface area contributed by atoms with Crippen molar-refractivity contribution < 1.29 is 22.8 Å². The summed E-state index contributed by atoms with van der Waals surface area (Å²) in [7, 11) is 0. The number of anilines is 1. The highest BCUT2D eigenvalue weighted by molar-refractivity contribution is 6.03. The number of rotatable bonds is 5. The van der Waals surface area contributed by atoms with Crippen molar-refractivity contribution in [1.82, 2.24) is 5.16 Å². The first-order chi connectivity index (χ1) is 12.4. The first-order valence-corrected chi connectivity index (χ1v) is 7.85. The van der Waals surface area contributed by atoms with Crippen LogP contribution in [-0.4, -0.2) is 11.1 Å². The first-order valence-electron chi connectivity index (χ1n) is 7.85. The summed E-state index contributed by atoms with van der Waals surface area (Å²) in [6.07, 6.45) is 0. The van der Waals surface area contributed by atoms with Gasteiger partial charge in [0.15, 0.2) is 17.3 Å². The van der Waals surface area contributed by atoms with Crippen LogP contribution in [0.2, 0.25) is 0 Å². The number of carbonyl (C=O) groups is 1. The lowest BCUT2D eigenvalue weighted by atomic mass is 10.2. The highest BCUT2D eigenvalue weighted by Crippen LogP contribution is 2.22. The summed E-state index contributed by atoms with van der Waals surface area (Å²) in [4.78, 5) is 12.5. The van der Waals surface area contributed by atoms with Gasteiger partial charge in [0.1, 0.15) is 18.2 Å². The van der Waals surface area contributed by atoms with Crippen LogP contribution in [-0.2, 0) is 6.61 Å². The Kier molecular flexibility index (Phi) is 4.97. The van der Waals surface area contributed by atoms with E-state index >= 15 is 0 Å². The van der Waals surface area contributed by atoms with Crippen molar-refractivity contribution in [2.45, 2.75) is 20.5 Å². The number of aromatic nitrogens is 1. The Balaban J connectivity index is 1.76. The maximum Gasteiger partial charge on any atom is 0.278 e. The van der Waals surface area contributed by atoms with Crippen LogP contribution in [0, 0.1) is 25.5 Å². The summed E-state index contributed by atoms with van der Waals surface area (Å²) in [5.41, 5.74) is 2.05. The Hall–Kier alpha value is -3.22. The predicted octanol–water partition coefficient (Wildman–Crippen LogP) is 4.40. The number of hydrogen-bond acceptors (Lipinski definition) is 4. The lowest BCUT2D eigenvalue weighted by Crippen LogP contribution is -2.15. The summed E-state index contributed by atoms with van der Waals surface area (Å²) in [6, 6.07) is 10.3. The van der Waals surface area contributed by atoms with Gasteiger partial charge in [0.2, 0.25) is 0 Å². The molecule has 0 saturated heterocycles. The summed E-state index contributed by atoms with van der Waals surface area (Å²) >= 11 is 0. The van der Waals surface area contributed by atoms with Gasteiger partial charge in [0.25, 0.3) is 5.91 Å². The van der Waals surface area contributed by atoms with E-state index in [1.807, 2.05) is 25.1 Å². The summed E-state index contributed by atoms with van der Waals surface area (Å²) < 4.78 is 37.1. The fourth-order valence-corrected chi connectivity index (χ4v) is 2.39. The van der Waals surface area contributed by atoms with Crippen LogP contribution < -0.4 is 10.1 Å². The van der Waals surface area contributed by atoms with Crippen LogP contribution in [0.5, 0.6) is 5.75 Å². The van der Waals surface area contributed by atoms with Gasteiger partial charge in [-0.1, -0.05) is 17.3 Å². The maximum atomic E-state index is 13.7. The molecule has 0 aliphatic carbocycles. The van der Waals surface area contributed by atoms with Gasteiger partial charge in [0.05, 0.1) is 5.56 Å². The van der Waals surface area contributed by atoms with E-state index in [1.165, 1.54) is 6.07 Å². The number of nitrogens with zero attached hydrogens (tertiary/aromatic N) is 1. The van der Waals surface area contributed by atoms with Gasteiger partial charge in [-0.2, -0.15) is 0 Å². The molecule has 3 rings (SSSR count). The van der Waals surface area contributed by atoms with Gasteiger partial charge in [0, 0.05) is 11.8 Å². The quantitative estimate of drug-likeness (QED) is 0.734. The first kappa shape index (κ1) is 17.6. The van der Waals surface area contributed by atoms with Crippen molar-refractivity contribution in [3.63, 3.8) is 0 Å². The number of ether oxygens (including phenoxy) is 1. The predicted molar refractivity (Wildman–Crippen MR) is 91.1 cm³/mol. The monoisotopic (exact) mass is 358 g/mol. The second kappa shape index (κ2) is 7.35. The molecule has 0 atom stereocenters. The highest BCUT2D eigenvalue weighted by atomic mass is 19.1. The number of benzene rings is 2. The molecule has 1 amide bonds. The Labute approximate surface area is 148 Å².